The van der Waals surface area contributed by atoms with Gasteiger partial charge in [-0.05, 0) is 12.1 Å². The molecule has 16 heavy (non-hydrogen) atoms. The minimum atomic E-state index is -0.443. The van der Waals surface area contributed by atoms with Gasteiger partial charge in [-0.2, -0.15) is 0 Å². The molecule has 1 aromatic carbocycles. The van der Waals surface area contributed by atoms with Crippen molar-refractivity contribution >= 4 is 17.1 Å². The summed E-state index contributed by atoms with van der Waals surface area (Å²) in [7, 11) is 1.44. The third-order valence-corrected chi connectivity index (χ3v) is 1.96. The van der Waals surface area contributed by atoms with Gasteiger partial charge in [0, 0.05) is 20.1 Å². The summed E-state index contributed by atoms with van der Waals surface area (Å²) in [6, 6.07) is 5.02. The lowest BCUT2D eigenvalue weighted by molar-refractivity contribution is -0.138. The Balaban J connectivity index is 2.22. The second kappa shape index (κ2) is 4.32. The fourth-order valence-corrected chi connectivity index (χ4v) is 1.36. The number of carbonyl (C=O) groups excluding carboxylic acids is 1. The third-order valence-electron chi connectivity index (χ3n) is 1.96. The molecule has 5 nitrogen and oxygen atoms in total. The van der Waals surface area contributed by atoms with Crippen LogP contribution in [0.3, 0.4) is 0 Å². The van der Waals surface area contributed by atoms with Gasteiger partial charge in [0.25, 0.3) is 0 Å². The zero-order valence-electron chi connectivity index (χ0n) is 9.02. The maximum Gasteiger partial charge on any atom is 0.337 e. The molecular formula is C11H11NO4. The van der Waals surface area contributed by atoms with E-state index in [9.17, 15) is 4.79 Å². The van der Waals surface area contributed by atoms with E-state index < -0.39 is 5.97 Å². The smallest absolute Gasteiger partial charge is 0.337 e. The fourth-order valence-electron chi connectivity index (χ4n) is 1.36. The van der Waals surface area contributed by atoms with E-state index in [0.29, 0.717) is 22.7 Å². The standard InChI is InChI=1S/C11H11NO4/c1-7-12-9-5-8(3-4-10(9)15-7)16-11(13)6-14-2/h3-5H,6H2,1-2H3. The fraction of sp³-hybridized carbons (Fsp3) is 0.273. The Hall–Kier alpha value is -1.88. The van der Waals surface area contributed by atoms with Crippen molar-refractivity contribution in [3.63, 3.8) is 0 Å². The number of methoxy groups -OCH3 is 1. The molecule has 0 N–H and O–H groups in total. The first-order valence-corrected chi connectivity index (χ1v) is 4.76. The van der Waals surface area contributed by atoms with Gasteiger partial charge in [-0.3, -0.25) is 0 Å². The summed E-state index contributed by atoms with van der Waals surface area (Å²) in [6.07, 6.45) is 0. The molecule has 1 aromatic heterocycles. The van der Waals surface area contributed by atoms with Crippen molar-refractivity contribution in [1.29, 1.82) is 0 Å². The quantitative estimate of drug-likeness (QED) is 0.583. The number of esters is 1. The Labute approximate surface area is 92.0 Å². The molecule has 0 unspecified atom stereocenters. The number of hydrogen-bond acceptors (Lipinski definition) is 5. The van der Waals surface area contributed by atoms with Crippen LogP contribution >= 0.6 is 0 Å². The van der Waals surface area contributed by atoms with Crippen molar-refractivity contribution in [3.05, 3.63) is 24.1 Å². The Morgan fingerprint density at radius 1 is 1.50 bits per heavy atom. The topological polar surface area (TPSA) is 61.6 Å². The van der Waals surface area contributed by atoms with E-state index in [1.54, 1.807) is 25.1 Å². The summed E-state index contributed by atoms with van der Waals surface area (Å²) in [5.74, 6) is 0.570. The maximum absolute atomic E-state index is 11.2. The van der Waals surface area contributed by atoms with Crippen LogP contribution in [0.4, 0.5) is 0 Å². The molecular weight excluding hydrogens is 210 g/mol. The van der Waals surface area contributed by atoms with Gasteiger partial charge >= 0.3 is 5.97 Å². The van der Waals surface area contributed by atoms with Gasteiger partial charge in [-0.1, -0.05) is 0 Å². The largest absolute Gasteiger partial charge is 0.441 e. The molecule has 0 saturated carbocycles. The first-order valence-electron chi connectivity index (χ1n) is 4.76. The van der Waals surface area contributed by atoms with Crippen molar-refractivity contribution in [3.8, 4) is 5.75 Å². The number of benzene rings is 1. The van der Waals surface area contributed by atoms with Gasteiger partial charge < -0.3 is 13.9 Å². The number of oxazole rings is 1. The highest BCUT2D eigenvalue weighted by atomic mass is 16.6. The predicted octanol–water partition coefficient (Wildman–Crippen LogP) is 1.69. The second-order valence-electron chi connectivity index (χ2n) is 3.27. The number of aryl methyl sites for hydroxylation is 1. The molecule has 0 atom stereocenters. The third kappa shape index (κ3) is 2.20. The lowest BCUT2D eigenvalue weighted by Crippen LogP contribution is -2.13. The van der Waals surface area contributed by atoms with Crippen LogP contribution in [0.15, 0.2) is 22.6 Å². The first kappa shape index (κ1) is 10.6. The summed E-state index contributed by atoms with van der Waals surface area (Å²) in [5.41, 5.74) is 1.34. The van der Waals surface area contributed by atoms with Crippen LogP contribution in [0, 0.1) is 6.92 Å². The van der Waals surface area contributed by atoms with Crippen LogP contribution < -0.4 is 4.74 Å². The highest BCUT2D eigenvalue weighted by Gasteiger charge is 2.07. The molecule has 2 rings (SSSR count). The van der Waals surface area contributed by atoms with Gasteiger partial charge in [-0.25, -0.2) is 9.78 Å². The van der Waals surface area contributed by atoms with Crippen molar-refractivity contribution in [2.45, 2.75) is 6.92 Å². The van der Waals surface area contributed by atoms with E-state index in [2.05, 4.69) is 9.72 Å². The Morgan fingerprint density at radius 2 is 2.31 bits per heavy atom. The van der Waals surface area contributed by atoms with E-state index in [-0.39, 0.29) is 6.61 Å². The van der Waals surface area contributed by atoms with Crippen LogP contribution in [-0.4, -0.2) is 24.7 Å². The van der Waals surface area contributed by atoms with E-state index in [1.807, 2.05) is 0 Å². The summed E-state index contributed by atoms with van der Waals surface area (Å²) < 4.78 is 15.0. The van der Waals surface area contributed by atoms with E-state index in [0.717, 1.165) is 0 Å². The maximum atomic E-state index is 11.2. The molecule has 5 heteroatoms. The average molecular weight is 221 g/mol. The molecule has 0 saturated heterocycles. The van der Waals surface area contributed by atoms with E-state index >= 15 is 0 Å². The zero-order valence-corrected chi connectivity index (χ0v) is 9.02. The van der Waals surface area contributed by atoms with Gasteiger partial charge in [0.15, 0.2) is 11.5 Å². The molecule has 0 radical (unpaired) electrons. The van der Waals surface area contributed by atoms with Gasteiger partial charge in [-0.15, -0.1) is 0 Å². The number of ether oxygens (including phenoxy) is 2. The monoisotopic (exact) mass is 221 g/mol. The normalized spacial score (nSPS) is 10.6. The second-order valence-corrected chi connectivity index (χ2v) is 3.27. The molecule has 1 heterocycles. The van der Waals surface area contributed by atoms with Crippen LogP contribution in [0.25, 0.3) is 11.1 Å². The van der Waals surface area contributed by atoms with Gasteiger partial charge in [0.2, 0.25) is 0 Å². The summed E-state index contributed by atoms with van der Waals surface area (Å²) in [5, 5.41) is 0. The number of nitrogens with zero attached hydrogens (tertiary/aromatic N) is 1. The number of aromatic nitrogens is 1. The van der Waals surface area contributed by atoms with Crippen LogP contribution in [0.1, 0.15) is 5.89 Å². The SMILES string of the molecule is COCC(=O)Oc1ccc2oc(C)nc2c1. The molecule has 0 fully saturated rings. The lowest BCUT2D eigenvalue weighted by atomic mass is 10.3. The van der Waals surface area contributed by atoms with Crippen molar-refractivity contribution in [2.75, 3.05) is 13.7 Å². The number of fused-ring (bicyclic) bond motifs is 1. The molecule has 0 aliphatic rings. The molecule has 0 amide bonds. The zero-order chi connectivity index (χ0) is 11.5. The minimum Gasteiger partial charge on any atom is -0.441 e. The average Bonchev–Trinajstić information content (AvgIpc) is 2.57. The van der Waals surface area contributed by atoms with Crippen molar-refractivity contribution in [1.82, 2.24) is 4.98 Å². The van der Waals surface area contributed by atoms with Gasteiger partial charge in [0.1, 0.15) is 17.9 Å². The molecule has 0 aliphatic heterocycles. The highest BCUT2D eigenvalue weighted by Crippen LogP contribution is 2.21. The van der Waals surface area contributed by atoms with Crippen LogP contribution in [-0.2, 0) is 9.53 Å². The number of rotatable bonds is 3. The molecule has 2 aromatic rings. The molecule has 0 spiro atoms. The molecule has 84 valence electrons. The lowest BCUT2D eigenvalue weighted by Gasteiger charge is -2.02. The van der Waals surface area contributed by atoms with Crippen molar-refractivity contribution < 1.29 is 18.7 Å². The summed E-state index contributed by atoms with van der Waals surface area (Å²) in [4.78, 5) is 15.3. The Morgan fingerprint density at radius 3 is 3.06 bits per heavy atom. The van der Waals surface area contributed by atoms with Crippen LogP contribution in [0.5, 0.6) is 5.75 Å². The van der Waals surface area contributed by atoms with Crippen LogP contribution in [0.2, 0.25) is 0 Å². The van der Waals surface area contributed by atoms with Crippen molar-refractivity contribution in [2.24, 2.45) is 0 Å². The summed E-state index contributed by atoms with van der Waals surface area (Å²) >= 11 is 0. The highest BCUT2D eigenvalue weighted by molar-refractivity contribution is 5.78. The molecule has 0 aliphatic carbocycles. The minimum absolute atomic E-state index is 0.0735. The Bertz CT molecular complexity index is 518. The number of hydrogen-bond donors (Lipinski definition) is 0. The predicted molar refractivity (Wildman–Crippen MR) is 56.3 cm³/mol. The number of carbonyl (C=O) groups is 1. The van der Waals surface area contributed by atoms with Gasteiger partial charge in [0.05, 0.1) is 0 Å². The molecule has 0 bridgehead atoms. The summed E-state index contributed by atoms with van der Waals surface area (Å²) in [6.45, 7) is 1.69. The first-order chi connectivity index (χ1) is 7.69. The Kier molecular flexibility index (Phi) is 2.87. The van der Waals surface area contributed by atoms with E-state index in [4.69, 9.17) is 9.15 Å². The van der Waals surface area contributed by atoms with E-state index in [1.165, 1.54) is 7.11 Å².